The van der Waals surface area contributed by atoms with E-state index in [9.17, 15) is 0 Å². The van der Waals surface area contributed by atoms with Gasteiger partial charge in [0.1, 0.15) is 0 Å². The van der Waals surface area contributed by atoms with Crippen molar-refractivity contribution in [2.24, 2.45) is 0 Å². The van der Waals surface area contributed by atoms with E-state index >= 15 is 0 Å². The van der Waals surface area contributed by atoms with Gasteiger partial charge in [-0.15, -0.1) is 0 Å². The first-order valence-electron chi connectivity index (χ1n) is 0.928. The molecule has 0 aliphatic heterocycles. The van der Waals surface area contributed by atoms with E-state index in [-0.39, 0.29) is 79.9 Å². The first-order chi connectivity index (χ1) is 1.73. The van der Waals surface area contributed by atoms with E-state index in [4.69, 9.17) is 9.90 Å². The van der Waals surface area contributed by atoms with Gasteiger partial charge in [0.05, 0.1) is 0 Å². The third kappa shape index (κ3) is 79.3. The summed E-state index contributed by atoms with van der Waals surface area (Å²) in [6.45, 7) is 1.08. The van der Waals surface area contributed by atoms with Crippen LogP contribution in [0.4, 0.5) is 0 Å². The van der Waals surface area contributed by atoms with Crippen molar-refractivity contribution >= 4 is 80.4 Å². The summed E-state index contributed by atoms with van der Waals surface area (Å²) in [6, 6.07) is 0. The summed E-state index contributed by atoms with van der Waals surface area (Å²) in [6.07, 6.45) is 0. The molecule has 0 rings (SSSR count). The van der Waals surface area contributed by atoms with Crippen LogP contribution < -0.4 is 0 Å². The van der Waals surface area contributed by atoms with Gasteiger partial charge >= 0.3 is 74.4 Å². The first-order valence-corrected chi connectivity index (χ1v) is 0.928. The fraction of sp³-hybridized carbons (Fsp3) is 0.500. The van der Waals surface area contributed by atoms with Crippen LogP contribution >= 0.6 is 0 Å². The number of carboxylic acids is 1. The van der Waals surface area contributed by atoms with E-state index in [0.29, 0.717) is 0 Å². The quantitative estimate of drug-likeness (QED) is 0.389. The van der Waals surface area contributed by atoms with Crippen molar-refractivity contribution in [3.63, 3.8) is 0 Å². The maximum atomic E-state index is 9.00. The van der Waals surface area contributed by atoms with Gasteiger partial charge in [-0.1, -0.05) is 0 Å². The molecule has 0 aromatic carbocycles. The van der Waals surface area contributed by atoms with E-state index in [1.165, 1.54) is 0 Å². The van der Waals surface area contributed by atoms with Gasteiger partial charge in [0.25, 0.3) is 5.97 Å². The Bertz CT molecular complexity index is 35.9. The van der Waals surface area contributed by atoms with E-state index in [1.807, 2.05) is 0 Å². The largest absolute Gasteiger partial charge is 0.316 e. The number of hydrogen-bond donors (Lipinski definition) is 1. The average Bonchev–Trinajstić information content (AvgIpc) is 0.811. The number of hydrogen-bond acceptors (Lipinski definition) is 1. The SMILES string of the molecule is CC(=O)O.O.[KH].[MgH2]. The Kier molecular flexibility index (Phi) is 51.9. The molecule has 0 amide bonds. The third-order valence-electron chi connectivity index (χ3n) is 0. The van der Waals surface area contributed by atoms with Gasteiger partial charge < -0.3 is 10.6 Å². The predicted octanol–water partition coefficient (Wildman–Crippen LogP) is -2.30. The van der Waals surface area contributed by atoms with Crippen LogP contribution in [-0.4, -0.2) is 91.0 Å². The fourth-order valence-corrected chi connectivity index (χ4v) is 0. The summed E-state index contributed by atoms with van der Waals surface area (Å²) in [7, 11) is 0. The molecule has 0 aromatic heterocycles. The van der Waals surface area contributed by atoms with Crippen molar-refractivity contribution in [1.82, 2.24) is 0 Å². The molecule has 0 heterocycles. The van der Waals surface area contributed by atoms with Crippen LogP contribution in [-0.2, 0) is 4.79 Å². The number of aliphatic carboxylic acids is 1. The van der Waals surface area contributed by atoms with Gasteiger partial charge in [0.2, 0.25) is 0 Å². The van der Waals surface area contributed by atoms with Crippen molar-refractivity contribution in [2.75, 3.05) is 0 Å². The van der Waals surface area contributed by atoms with E-state index in [0.717, 1.165) is 6.92 Å². The van der Waals surface area contributed by atoms with E-state index in [1.54, 1.807) is 0 Å². The maximum absolute atomic E-state index is 9.00. The molecule has 3 nitrogen and oxygen atoms in total. The molecule has 0 radical (unpaired) electrons. The smallest absolute Gasteiger partial charge is 0.316 e. The standard InChI is InChI=1S/C2H4O2.K.Mg.H2O.3H/c1-2(3)4;;;;;;/h1H3,(H,3,4);;;1H2;;;. The Balaban J connectivity index is -0.0000000150. The monoisotopic (exact) mass is 144 g/mol. The zero-order valence-corrected chi connectivity index (χ0v) is 2.86. The average molecular weight is 144 g/mol. The second-order valence-corrected chi connectivity index (χ2v) is 0.519. The molecular formula is C2H9KMgO3. The summed E-state index contributed by atoms with van der Waals surface area (Å²) < 4.78 is 0. The number of rotatable bonds is 0. The molecule has 0 aliphatic rings. The van der Waals surface area contributed by atoms with Gasteiger partial charge in [-0.25, -0.2) is 0 Å². The van der Waals surface area contributed by atoms with Gasteiger partial charge in [0.15, 0.2) is 0 Å². The Labute approximate surface area is 101 Å². The minimum atomic E-state index is -0.833. The summed E-state index contributed by atoms with van der Waals surface area (Å²) in [4.78, 5) is 9.00. The van der Waals surface area contributed by atoms with Gasteiger partial charge in [-0.2, -0.15) is 0 Å². The van der Waals surface area contributed by atoms with Gasteiger partial charge in [-0.05, 0) is 0 Å². The molecule has 0 aromatic rings. The van der Waals surface area contributed by atoms with Crippen molar-refractivity contribution < 1.29 is 15.4 Å². The van der Waals surface area contributed by atoms with Crippen LogP contribution in [0.1, 0.15) is 6.92 Å². The molecule has 0 spiro atoms. The molecular weight excluding hydrogens is 135 g/mol. The maximum Gasteiger partial charge on any atom is 0.316 e. The zero-order chi connectivity index (χ0) is 3.58. The Morgan fingerprint density at radius 1 is 1.57 bits per heavy atom. The van der Waals surface area contributed by atoms with E-state index < -0.39 is 5.97 Å². The zero-order valence-electron chi connectivity index (χ0n) is 2.86. The topological polar surface area (TPSA) is 68.8 Å². The van der Waals surface area contributed by atoms with Crippen LogP contribution in [0, 0.1) is 0 Å². The molecule has 0 fully saturated rings. The van der Waals surface area contributed by atoms with Crippen molar-refractivity contribution in [3.05, 3.63) is 0 Å². The van der Waals surface area contributed by atoms with Gasteiger partial charge in [-0.3, -0.25) is 4.79 Å². The van der Waals surface area contributed by atoms with Crippen molar-refractivity contribution in [3.8, 4) is 0 Å². The fourth-order valence-electron chi connectivity index (χ4n) is 0. The molecule has 0 aliphatic carbocycles. The molecule has 38 valence electrons. The minimum Gasteiger partial charge on any atom is 0.316 e. The second-order valence-electron chi connectivity index (χ2n) is 0.519. The summed E-state index contributed by atoms with van der Waals surface area (Å²) >= 11 is 0. The molecule has 0 bridgehead atoms. The molecule has 5 heteroatoms. The molecule has 0 saturated carbocycles. The van der Waals surface area contributed by atoms with Crippen molar-refractivity contribution in [2.45, 2.75) is 6.92 Å². The summed E-state index contributed by atoms with van der Waals surface area (Å²) in [5.41, 5.74) is 0. The third-order valence-corrected chi connectivity index (χ3v) is 0. The first kappa shape index (κ1) is 23.2. The van der Waals surface area contributed by atoms with E-state index in [2.05, 4.69) is 0 Å². The Hall–Kier alpha value is 1.83. The van der Waals surface area contributed by atoms with Gasteiger partial charge in [0, 0.05) is 6.92 Å². The molecule has 7 heavy (non-hydrogen) atoms. The van der Waals surface area contributed by atoms with Crippen LogP contribution in [0.5, 0.6) is 0 Å². The second kappa shape index (κ2) is 15.7. The minimum absolute atomic E-state index is 0. The predicted molar refractivity (Wildman–Crippen MR) is 32.6 cm³/mol. The van der Waals surface area contributed by atoms with Crippen LogP contribution in [0.3, 0.4) is 0 Å². The molecule has 0 saturated heterocycles. The molecule has 3 N–H and O–H groups in total. The molecule has 0 atom stereocenters. The Morgan fingerprint density at radius 3 is 1.57 bits per heavy atom. The van der Waals surface area contributed by atoms with Crippen LogP contribution in [0.2, 0.25) is 0 Å². The summed E-state index contributed by atoms with van der Waals surface area (Å²) in [5.74, 6) is -0.833. The van der Waals surface area contributed by atoms with Crippen LogP contribution in [0.15, 0.2) is 0 Å². The molecule has 0 unspecified atom stereocenters. The van der Waals surface area contributed by atoms with Crippen LogP contribution in [0.25, 0.3) is 0 Å². The number of carboxylic acid groups (broad SMARTS) is 1. The summed E-state index contributed by atoms with van der Waals surface area (Å²) in [5, 5.41) is 7.42. The van der Waals surface area contributed by atoms with Crippen molar-refractivity contribution in [1.29, 1.82) is 0 Å². The number of carbonyl (C=O) groups is 1. The Morgan fingerprint density at radius 2 is 1.57 bits per heavy atom. The normalized spacial score (nSPS) is 3.57.